The molecule has 0 saturated heterocycles. The Morgan fingerprint density at radius 1 is 1.17 bits per heavy atom. The Morgan fingerprint density at radius 3 is 2.37 bits per heavy atom. The van der Waals surface area contributed by atoms with Crippen molar-refractivity contribution in [1.82, 2.24) is 5.32 Å². The number of nitrogens with one attached hydrogen (secondary N) is 1. The standard InChI is InChI=1S/C21H27N3O5S/c1-6-20(21(25)22-16(4)17-11-10-14(2)15(3)12-17)23(30(5,28)29)18-8-7-9-19(13-18)24(26)27/h7-13,16,20H,6H2,1-5H3,(H,22,25)/t16-,20+/m1/s1. The van der Waals surface area contributed by atoms with Crippen LogP contribution in [-0.2, 0) is 14.8 Å². The molecule has 2 aromatic rings. The molecule has 162 valence electrons. The fourth-order valence-electron chi connectivity index (χ4n) is 3.23. The predicted octanol–water partition coefficient (Wildman–Crippen LogP) is 3.63. The van der Waals surface area contributed by atoms with Crippen LogP contribution >= 0.6 is 0 Å². The first-order valence-electron chi connectivity index (χ1n) is 9.57. The van der Waals surface area contributed by atoms with Crippen LogP contribution in [0.4, 0.5) is 11.4 Å². The number of sulfonamides is 1. The number of aryl methyl sites for hydroxylation is 2. The van der Waals surface area contributed by atoms with Crippen molar-refractivity contribution in [1.29, 1.82) is 0 Å². The van der Waals surface area contributed by atoms with Crippen LogP contribution in [0.2, 0.25) is 0 Å². The van der Waals surface area contributed by atoms with Crippen LogP contribution in [0, 0.1) is 24.0 Å². The molecule has 0 aliphatic heterocycles. The summed E-state index contributed by atoms with van der Waals surface area (Å²) in [6.07, 6.45) is 1.18. The van der Waals surface area contributed by atoms with Gasteiger partial charge in [-0.2, -0.15) is 0 Å². The molecule has 0 fully saturated rings. The van der Waals surface area contributed by atoms with E-state index in [0.29, 0.717) is 0 Å². The van der Waals surface area contributed by atoms with E-state index < -0.39 is 26.9 Å². The van der Waals surface area contributed by atoms with Crippen LogP contribution in [0.5, 0.6) is 0 Å². The van der Waals surface area contributed by atoms with Crippen LogP contribution in [0.1, 0.15) is 43.0 Å². The molecule has 2 atom stereocenters. The predicted molar refractivity (Wildman–Crippen MR) is 117 cm³/mol. The number of nitro benzene ring substituents is 1. The molecule has 0 unspecified atom stereocenters. The minimum atomic E-state index is -3.88. The first-order valence-corrected chi connectivity index (χ1v) is 11.4. The molecule has 1 N–H and O–H groups in total. The zero-order chi connectivity index (χ0) is 22.6. The lowest BCUT2D eigenvalue weighted by Gasteiger charge is -2.31. The number of benzene rings is 2. The molecule has 1 amide bonds. The van der Waals surface area contributed by atoms with Crippen LogP contribution in [-0.4, -0.2) is 31.5 Å². The van der Waals surface area contributed by atoms with E-state index in [2.05, 4.69) is 5.32 Å². The Balaban J connectivity index is 2.37. The smallest absolute Gasteiger partial charge is 0.271 e. The number of carbonyl (C=O) groups excluding carboxylic acids is 1. The van der Waals surface area contributed by atoms with E-state index in [1.807, 2.05) is 39.0 Å². The molecule has 0 radical (unpaired) electrons. The number of carbonyl (C=O) groups is 1. The highest BCUT2D eigenvalue weighted by Gasteiger charge is 2.33. The van der Waals surface area contributed by atoms with Crippen LogP contribution in [0.3, 0.4) is 0 Å². The largest absolute Gasteiger partial charge is 0.348 e. The van der Waals surface area contributed by atoms with Crippen molar-refractivity contribution in [2.45, 2.75) is 46.2 Å². The van der Waals surface area contributed by atoms with Crippen molar-refractivity contribution < 1.29 is 18.1 Å². The topological polar surface area (TPSA) is 110 Å². The number of nitrogens with zero attached hydrogens (tertiary/aromatic N) is 2. The summed E-state index contributed by atoms with van der Waals surface area (Å²) in [6, 6.07) is 9.75. The Labute approximate surface area is 177 Å². The van der Waals surface area contributed by atoms with Crippen molar-refractivity contribution in [2.75, 3.05) is 10.6 Å². The quantitative estimate of drug-likeness (QED) is 0.505. The van der Waals surface area contributed by atoms with E-state index in [4.69, 9.17) is 0 Å². The van der Waals surface area contributed by atoms with Crippen molar-refractivity contribution in [3.63, 3.8) is 0 Å². The normalized spacial score (nSPS) is 13.4. The summed E-state index contributed by atoms with van der Waals surface area (Å²) in [5, 5.41) is 14.0. The third-order valence-electron chi connectivity index (χ3n) is 5.01. The van der Waals surface area contributed by atoms with E-state index in [-0.39, 0.29) is 23.8 Å². The zero-order valence-electron chi connectivity index (χ0n) is 17.7. The molecule has 0 aromatic heterocycles. The number of non-ortho nitro benzene ring substituents is 1. The van der Waals surface area contributed by atoms with Gasteiger partial charge in [-0.25, -0.2) is 8.42 Å². The average molecular weight is 434 g/mol. The summed E-state index contributed by atoms with van der Waals surface area (Å²) >= 11 is 0. The van der Waals surface area contributed by atoms with Gasteiger partial charge in [0.1, 0.15) is 6.04 Å². The molecule has 9 heteroatoms. The molecule has 0 heterocycles. The number of rotatable bonds is 8. The van der Waals surface area contributed by atoms with Crippen molar-refractivity contribution in [3.8, 4) is 0 Å². The lowest BCUT2D eigenvalue weighted by Crippen LogP contribution is -2.49. The second kappa shape index (κ2) is 9.25. The SMILES string of the molecule is CC[C@@H](C(=O)N[C@H](C)c1ccc(C)c(C)c1)N(c1cccc([N+](=O)[O-])c1)S(C)(=O)=O. The molecular formula is C21H27N3O5S. The maximum atomic E-state index is 13.0. The third-order valence-corrected chi connectivity index (χ3v) is 6.19. The van der Waals surface area contributed by atoms with E-state index >= 15 is 0 Å². The molecule has 2 rings (SSSR count). The Hall–Kier alpha value is -2.94. The van der Waals surface area contributed by atoms with Gasteiger partial charge in [0, 0.05) is 12.1 Å². The van der Waals surface area contributed by atoms with Gasteiger partial charge in [0.2, 0.25) is 15.9 Å². The van der Waals surface area contributed by atoms with Gasteiger partial charge in [0.15, 0.2) is 0 Å². The van der Waals surface area contributed by atoms with Gasteiger partial charge < -0.3 is 5.32 Å². The summed E-state index contributed by atoms with van der Waals surface area (Å²) in [5.74, 6) is -0.472. The van der Waals surface area contributed by atoms with Gasteiger partial charge in [-0.15, -0.1) is 0 Å². The number of amides is 1. The first-order chi connectivity index (χ1) is 14.0. The lowest BCUT2D eigenvalue weighted by molar-refractivity contribution is -0.384. The van der Waals surface area contributed by atoms with E-state index in [1.165, 1.54) is 18.2 Å². The minimum Gasteiger partial charge on any atom is -0.348 e. The van der Waals surface area contributed by atoms with E-state index in [9.17, 15) is 23.3 Å². The lowest BCUT2D eigenvalue weighted by atomic mass is 10.0. The highest BCUT2D eigenvalue weighted by molar-refractivity contribution is 7.92. The van der Waals surface area contributed by atoms with Crippen molar-refractivity contribution >= 4 is 27.3 Å². The molecule has 0 bridgehead atoms. The van der Waals surface area contributed by atoms with Gasteiger partial charge in [0.05, 0.1) is 22.9 Å². The number of anilines is 1. The molecule has 8 nitrogen and oxygen atoms in total. The monoisotopic (exact) mass is 433 g/mol. The summed E-state index contributed by atoms with van der Waals surface area (Å²) in [4.78, 5) is 23.5. The maximum Gasteiger partial charge on any atom is 0.271 e. The molecular weight excluding hydrogens is 406 g/mol. The van der Waals surface area contributed by atoms with Crippen molar-refractivity contribution in [2.24, 2.45) is 0 Å². The van der Waals surface area contributed by atoms with Gasteiger partial charge in [-0.3, -0.25) is 19.2 Å². The van der Waals surface area contributed by atoms with Crippen LogP contribution in [0.25, 0.3) is 0 Å². The molecule has 0 aliphatic rings. The van der Waals surface area contributed by atoms with Crippen LogP contribution in [0.15, 0.2) is 42.5 Å². The fraction of sp³-hybridized carbons (Fsp3) is 0.381. The minimum absolute atomic E-state index is 0.0764. The Bertz CT molecular complexity index is 1050. The van der Waals surface area contributed by atoms with Gasteiger partial charge >= 0.3 is 0 Å². The maximum absolute atomic E-state index is 13.0. The zero-order valence-corrected chi connectivity index (χ0v) is 18.6. The van der Waals surface area contributed by atoms with E-state index in [1.54, 1.807) is 6.92 Å². The summed E-state index contributed by atoms with van der Waals surface area (Å²) in [5.41, 5.74) is 2.96. The summed E-state index contributed by atoms with van der Waals surface area (Å²) in [6.45, 7) is 7.50. The highest BCUT2D eigenvalue weighted by atomic mass is 32.2. The van der Waals surface area contributed by atoms with Crippen LogP contribution < -0.4 is 9.62 Å². The fourth-order valence-corrected chi connectivity index (χ4v) is 4.43. The average Bonchev–Trinajstić information content (AvgIpc) is 2.66. The molecule has 0 aliphatic carbocycles. The molecule has 30 heavy (non-hydrogen) atoms. The second-order valence-corrected chi connectivity index (χ2v) is 9.19. The van der Waals surface area contributed by atoms with E-state index in [0.717, 1.165) is 33.3 Å². The first kappa shape index (κ1) is 23.3. The third kappa shape index (κ3) is 5.35. The Kier molecular flexibility index (Phi) is 7.20. The molecule has 0 saturated carbocycles. The number of hydrogen-bond acceptors (Lipinski definition) is 5. The number of hydrogen-bond donors (Lipinski definition) is 1. The summed E-state index contributed by atoms with van der Waals surface area (Å²) in [7, 11) is -3.88. The molecule has 2 aromatic carbocycles. The number of nitro groups is 1. The molecule has 0 spiro atoms. The Morgan fingerprint density at radius 2 is 1.83 bits per heavy atom. The van der Waals surface area contributed by atoms with Gasteiger partial charge in [0.25, 0.3) is 5.69 Å². The van der Waals surface area contributed by atoms with Crippen molar-refractivity contribution in [3.05, 3.63) is 69.3 Å². The van der Waals surface area contributed by atoms with Gasteiger partial charge in [-0.1, -0.05) is 31.2 Å². The summed E-state index contributed by atoms with van der Waals surface area (Å²) < 4.78 is 26.0. The van der Waals surface area contributed by atoms with Gasteiger partial charge in [-0.05, 0) is 49.9 Å². The second-order valence-electron chi connectivity index (χ2n) is 7.33. The highest BCUT2D eigenvalue weighted by Crippen LogP contribution is 2.27.